The maximum atomic E-state index is 11.9. The second-order valence-corrected chi connectivity index (χ2v) is 5.06. The Morgan fingerprint density at radius 1 is 1.55 bits per heavy atom. The van der Waals surface area contributed by atoms with Crippen LogP contribution >= 0.6 is 11.6 Å². The predicted octanol–water partition coefficient (Wildman–Crippen LogP) is 1.39. The molecule has 106 valence electrons. The SMILES string of the molecule is Cc1cc([N+](=O)[O-])c(Cl)cc1N1CC(C(N)=O)CC1=O. The Kier molecular flexibility index (Phi) is 3.63. The summed E-state index contributed by atoms with van der Waals surface area (Å²) in [6.45, 7) is 1.81. The molecule has 20 heavy (non-hydrogen) atoms. The molecule has 1 atom stereocenters. The van der Waals surface area contributed by atoms with Crippen LogP contribution in [0.25, 0.3) is 0 Å². The summed E-state index contributed by atoms with van der Waals surface area (Å²) in [7, 11) is 0. The minimum absolute atomic E-state index is 0.0450. The average molecular weight is 298 g/mol. The van der Waals surface area contributed by atoms with Crippen molar-refractivity contribution in [3.05, 3.63) is 32.8 Å². The third-order valence-corrected chi connectivity index (χ3v) is 3.58. The number of anilines is 1. The summed E-state index contributed by atoms with van der Waals surface area (Å²) in [5.41, 5.74) is 5.99. The predicted molar refractivity (Wildman–Crippen MR) is 72.5 cm³/mol. The lowest BCUT2D eigenvalue weighted by molar-refractivity contribution is -0.384. The molecule has 1 aromatic carbocycles. The van der Waals surface area contributed by atoms with Gasteiger partial charge in [0.1, 0.15) is 5.02 Å². The lowest BCUT2D eigenvalue weighted by Crippen LogP contribution is -2.28. The molecule has 7 nitrogen and oxygen atoms in total. The molecule has 1 fully saturated rings. The summed E-state index contributed by atoms with van der Waals surface area (Å²) < 4.78 is 0. The van der Waals surface area contributed by atoms with Crippen molar-refractivity contribution in [2.75, 3.05) is 11.4 Å². The summed E-state index contributed by atoms with van der Waals surface area (Å²) in [5.74, 6) is -1.33. The second kappa shape index (κ2) is 5.09. The number of nitrogens with two attached hydrogens (primary N) is 1. The van der Waals surface area contributed by atoms with Gasteiger partial charge in [-0.15, -0.1) is 0 Å². The van der Waals surface area contributed by atoms with Crippen molar-refractivity contribution in [3.8, 4) is 0 Å². The summed E-state index contributed by atoms with van der Waals surface area (Å²) in [6, 6.07) is 2.68. The number of nitrogens with zero attached hydrogens (tertiary/aromatic N) is 2. The standard InChI is InChI=1S/C12H12ClN3O4/c1-6-2-10(16(19)20)8(13)4-9(6)15-5-7(12(14)18)3-11(15)17/h2,4,7H,3,5H2,1H3,(H2,14,18). The fourth-order valence-corrected chi connectivity index (χ4v) is 2.44. The molecular weight excluding hydrogens is 286 g/mol. The number of benzene rings is 1. The summed E-state index contributed by atoms with van der Waals surface area (Å²) in [4.78, 5) is 34.7. The Balaban J connectivity index is 2.39. The molecule has 2 amide bonds. The topological polar surface area (TPSA) is 107 Å². The van der Waals surface area contributed by atoms with Crippen LogP contribution in [0.15, 0.2) is 12.1 Å². The maximum Gasteiger partial charge on any atom is 0.288 e. The molecule has 1 aliphatic heterocycles. The third-order valence-electron chi connectivity index (χ3n) is 3.28. The summed E-state index contributed by atoms with van der Waals surface area (Å²) in [5, 5.41) is 10.7. The number of primary amides is 1. The zero-order valence-corrected chi connectivity index (χ0v) is 11.4. The van der Waals surface area contributed by atoms with Gasteiger partial charge in [-0.2, -0.15) is 0 Å². The third kappa shape index (κ3) is 2.44. The van der Waals surface area contributed by atoms with Gasteiger partial charge in [0.2, 0.25) is 11.8 Å². The fraction of sp³-hybridized carbons (Fsp3) is 0.333. The number of halogens is 1. The van der Waals surface area contributed by atoms with Crippen LogP contribution in [0.5, 0.6) is 0 Å². The molecule has 1 unspecified atom stereocenters. The van der Waals surface area contributed by atoms with E-state index in [0.717, 1.165) is 0 Å². The molecule has 1 aromatic rings. The minimum atomic E-state index is -0.586. The molecule has 0 radical (unpaired) electrons. The van der Waals surface area contributed by atoms with Gasteiger partial charge in [0.25, 0.3) is 5.69 Å². The van der Waals surface area contributed by atoms with Crippen LogP contribution in [0, 0.1) is 23.0 Å². The Bertz CT molecular complexity index is 617. The Morgan fingerprint density at radius 3 is 2.70 bits per heavy atom. The smallest absolute Gasteiger partial charge is 0.288 e. The second-order valence-electron chi connectivity index (χ2n) is 4.65. The van der Waals surface area contributed by atoms with Gasteiger partial charge in [-0.25, -0.2) is 0 Å². The first kappa shape index (κ1) is 14.3. The molecule has 1 saturated heterocycles. The van der Waals surface area contributed by atoms with Gasteiger partial charge in [-0.1, -0.05) is 11.6 Å². The van der Waals surface area contributed by atoms with Gasteiger partial charge < -0.3 is 10.6 Å². The highest BCUT2D eigenvalue weighted by Crippen LogP contribution is 2.35. The lowest BCUT2D eigenvalue weighted by Gasteiger charge is -2.19. The van der Waals surface area contributed by atoms with Gasteiger partial charge in [0, 0.05) is 24.7 Å². The van der Waals surface area contributed by atoms with Crippen molar-refractivity contribution in [1.29, 1.82) is 0 Å². The summed E-state index contributed by atoms with van der Waals surface area (Å²) >= 11 is 5.85. The molecule has 0 aliphatic carbocycles. The van der Waals surface area contributed by atoms with Crippen LogP contribution in [0.4, 0.5) is 11.4 Å². The van der Waals surface area contributed by atoms with E-state index in [9.17, 15) is 19.7 Å². The number of hydrogen-bond donors (Lipinski definition) is 1. The first-order valence-electron chi connectivity index (χ1n) is 5.85. The van der Waals surface area contributed by atoms with E-state index in [2.05, 4.69) is 0 Å². The van der Waals surface area contributed by atoms with Crippen LogP contribution < -0.4 is 10.6 Å². The highest BCUT2D eigenvalue weighted by Gasteiger charge is 2.35. The molecule has 8 heteroatoms. The lowest BCUT2D eigenvalue weighted by atomic mass is 10.1. The number of aryl methyl sites for hydroxylation is 1. The van der Waals surface area contributed by atoms with Crippen LogP contribution in [-0.2, 0) is 9.59 Å². The molecule has 1 aliphatic rings. The van der Waals surface area contributed by atoms with Crippen molar-refractivity contribution in [1.82, 2.24) is 0 Å². The van der Waals surface area contributed by atoms with E-state index in [1.807, 2.05) is 0 Å². The Labute approximate surface area is 119 Å². The van der Waals surface area contributed by atoms with E-state index >= 15 is 0 Å². The molecule has 2 N–H and O–H groups in total. The quantitative estimate of drug-likeness (QED) is 0.672. The summed E-state index contributed by atoms with van der Waals surface area (Å²) in [6.07, 6.45) is 0.0450. The van der Waals surface area contributed by atoms with E-state index < -0.39 is 16.7 Å². The number of hydrogen-bond acceptors (Lipinski definition) is 4. The fourth-order valence-electron chi connectivity index (χ4n) is 2.22. The van der Waals surface area contributed by atoms with E-state index in [1.165, 1.54) is 17.0 Å². The molecule has 0 bridgehead atoms. The van der Waals surface area contributed by atoms with E-state index in [4.69, 9.17) is 17.3 Å². The van der Waals surface area contributed by atoms with Crippen LogP contribution in [-0.4, -0.2) is 23.3 Å². The number of nitro benzene ring substituents is 1. The molecule has 0 aromatic heterocycles. The van der Waals surface area contributed by atoms with Gasteiger partial charge in [0.15, 0.2) is 0 Å². The number of carbonyl (C=O) groups is 2. The first-order chi connectivity index (χ1) is 9.31. The average Bonchev–Trinajstić information content (AvgIpc) is 2.73. The van der Waals surface area contributed by atoms with Crippen LogP contribution in [0.1, 0.15) is 12.0 Å². The van der Waals surface area contributed by atoms with E-state index in [0.29, 0.717) is 11.3 Å². The van der Waals surface area contributed by atoms with Gasteiger partial charge in [-0.05, 0) is 18.6 Å². The van der Waals surface area contributed by atoms with E-state index in [1.54, 1.807) is 6.92 Å². The highest BCUT2D eigenvalue weighted by molar-refractivity contribution is 6.33. The molecule has 0 spiro atoms. The Hall–Kier alpha value is -2.15. The van der Waals surface area contributed by atoms with Crippen molar-refractivity contribution < 1.29 is 14.5 Å². The number of carbonyl (C=O) groups excluding carboxylic acids is 2. The van der Waals surface area contributed by atoms with Crippen LogP contribution in [0.3, 0.4) is 0 Å². The molecular formula is C12H12ClN3O4. The van der Waals surface area contributed by atoms with E-state index in [-0.39, 0.29) is 29.6 Å². The molecule has 0 saturated carbocycles. The van der Waals surface area contributed by atoms with Crippen molar-refractivity contribution >= 4 is 34.8 Å². The number of rotatable bonds is 3. The van der Waals surface area contributed by atoms with Crippen molar-refractivity contribution in [2.24, 2.45) is 11.7 Å². The van der Waals surface area contributed by atoms with Crippen molar-refractivity contribution in [3.63, 3.8) is 0 Å². The monoisotopic (exact) mass is 297 g/mol. The number of nitro groups is 1. The molecule has 2 rings (SSSR count). The van der Waals surface area contributed by atoms with Gasteiger partial charge >= 0.3 is 0 Å². The highest BCUT2D eigenvalue weighted by atomic mass is 35.5. The minimum Gasteiger partial charge on any atom is -0.369 e. The number of amides is 2. The largest absolute Gasteiger partial charge is 0.369 e. The molecule has 1 heterocycles. The Morgan fingerprint density at radius 2 is 2.20 bits per heavy atom. The maximum absolute atomic E-state index is 11.9. The first-order valence-corrected chi connectivity index (χ1v) is 6.23. The van der Waals surface area contributed by atoms with Crippen LogP contribution in [0.2, 0.25) is 5.02 Å². The zero-order chi connectivity index (χ0) is 15.0. The van der Waals surface area contributed by atoms with Gasteiger partial charge in [-0.3, -0.25) is 19.7 Å². The van der Waals surface area contributed by atoms with Crippen molar-refractivity contribution in [2.45, 2.75) is 13.3 Å². The van der Waals surface area contributed by atoms with Gasteiger partial charge in [0.05, 0.1) is 10.8 Å². The normalized spacial score (nSPS) is 18.4. The zero-order valence-electron chi connectivity index (χ0n) is 10.6.